The first-order valence-electron chi connectivity index (χ1n) is 7.34. The monoisotopic (exact) mass is 320 g/mol. The number of hydrogen-bond acceptors (Lipinski definition) is 4. The molecule has 0 bridgehead atoms. The van der Waals surface area contributed by atoms with Gasteiger partial charge in [-0.2, -0.15) is 0 Å². The number of nitrogens with zero attached hydrogens (tertiary/aromatic N) is 2. The van der Waals surface area contributed by atoms with E-state index in [1.165, 1.54) is 25.3 Å². The van der Waals surface area contributed by atoms with Gasteiger partial charge in [0.1, 0.15) is 0 Å². The summed E-state index contributed by atoms with van der Waals surface area (Å²) in [5, 5.41) is 13.0. The molecule has 1 N–H and O–H groups in total. The van der Waals surface area contributed by atoms with E-state index in [0.29, 0.717) is 10.8 Å². The molecule has 2 aromatic rings. The van der Waals surface area contributed by atoms with Crippen LogP contribution in [-0.2, 0) is 6.54 Å². The highest BCUT2D eigenvalue weighted by Crippen LogP contribution is 2.27. The fourth-order valence-corrected chi connectivity index (χ4v) is 2.94. The molecule has 1 aromatic heterocycles. The minimum atomic E-state index is -1.11. The molecule has 1 aromatic carbocycles. The van der Waals surface area contributed by atoms with E-state index in [2.05, 4.69) is 10.1 Å². The highest BCUT2D eigenvalue weighted by atomic mass is 35.5. The van der Waals surface area contributed by atoms with Crippen molar-refractivity contribution in [3.63, 3.8) is 0 Å². The molecule has 0 unspecified atom stereocenters. The van der Waals surface area contributed by atoms with Gasteiger partial charge in [-0.05, 0) is 37.6 Å². The summed E-state index contributed by atoms with van der Waals surface area (Å²) in [6, 6.07) is 7.05. The maximum absolute atomic E-state index is 10.8. The van der Waals surface area contributed by atoms with Crippen LogP contribution in [0.15, 0.2) is 28.8 Å². The van der Waals surface area contributed by atoms with Crippen LogP contribution in [0.2, 0.25) is 5.02 Å². The van der Waals surface area contributed by atoms with Crippen molar-refractivity contribution in [2.75, 3.05) is 13.1 Å². The van der Waals surface area contributed by atoms with Crippen LogP contribution in [0.4, 0.5) is 0 Å². The molecule has 5 nitrogen and oxygen atoms in total. The van der Waals surface area contributed by atoms with E-state index in [-0.39, 0.29) is 5.69 Å². The molecule has 0 atom stereocenters. The third kappa shape index (κ3) is 3.31. The summed E-state index contributed by atoms with van der Waals surface area (Å²) in [7, 11) is 0. The summed E-state index contributed by atoms with van der Waals surface area (Å²) in [6.07, 6.45) is 3.79. The second-order valence-electron chi connectivity index (χ2n) is 5.52. The van der Waals surface area contributed by atoms with E-state index < -0.39 is 5.97 Å². The lowest BCUT2D eigenvalue weighted by atomic mass is 10.1. The highest BCUT2D eigenvalue weighted by Gasteiger charge is 2.15. The van der Waals surface area contributed by atoms with E-state index >= 15 is 0 Å². The first kappa shape index (κ1) is 15.1. The van der Waals surface area contributed by atoms with Gasteiger partial charge in [0.15, 0.2) is 11.5 Å². The number of likely N-dealkylation sites (tertiary alicyclic amines) is 1. The molecular formula is C16H17ClN2O3. The average Bonchev–Trinajstić information content (AvgIpc) is 3.00. The van der Waals surface area contributed by atoms with Crippen LogP contribution in [-0.4, -0.2) is 34.2 Å². The number of benzene rings is 1. The quantitative estimate of drug-likeness (QED) is 0.930. The van der Waals surface area contributed by atoms with Crippen LogP contribution in [0, 0.1) is 0 Å². The number of aromatic carboxylic acids is 1. The topological polar surface area (TPSA) is 66.6 Å². The molecule has 0 saturated carbocycles. The maximum atomic E-state index is 10.8. The molecule has 116 valence electrons. The highest BCUT2D eigenvalue weighted by molar-refractivity contribution is 6.31. The summed E-state index contributed by atoms with van der Waals surface area (Å²) >= 11 is 6.36. The Hall–Kier alpha value is -1.85. The molecule has 0 spiro atoms. The number of carboxylic acid groups (broad SMARTS) is 1. The van der Waals surface area contributed by atoms with Crippen LogP contribution in [0.1, 0.15) is 35.3 Å². The number of carboxylic acids is 1. The van der Waals surface area contributed by atoms with Crippen molar-refractivity contribution in [3.05, 3.63) is 40.5 Å². The van der Waals surface area contributed by atoms with Crippen molar-refractivity contribution in [2.24, 2.45) is 0 Å². The van der Waals surface area contributed by atoms with E-state index in [9.17, 15) is 4.79 Å². The van der Waals surface area contributed by atoms with Gasteiger partial charge in [-0.15, -0.1) is 0 Å². The van der Waals surface area contributed by atoms with Gasteiger partial charge in [0.05, 0.1) is 0 Å². The Morgan fingerprint density at radius 1 is 1.27 bits per heavy atom. The second-order valence-corrected chi connectivity index (χ2v) is 5.93. The summed E-state index contributed by atoms with van der Waals surface area (Å²) < 4.78 is 5.06. The number of rotatable bonds is 4. The largest absolute Gasteiger partial charge is 0.476 e. The van der Waals surface area contributed by atoms with Crippen LogP contribution >= 0.6 is 11.6 Å². The standard InChI is InChI=1S/C16H17ClN2O3/c17-13-8-11(15-9-14(16(20)21)18-22-15)4-5-12(13)10-19-6-2-1-3-7-19/h4-5,8-9H,1-3,6-7,10H2,(H,20,21). The molecule has 1 saturated heterocycles. The number of carbonyl (C=O) groups is 1. The molecule has 3 rings (SSSR count). The van der Waals surface area contributed by atoms with Gasteiger partial charge in [-0.25, -0.2) is 4.79 Å². The average molecular weight is 321 g/mol. The molecule has 6 heteroatoms. The van der Waals surface area contributed by atoms with Crippen molar-refractivity contribution in [3.8, 4) is 11.3 Å². The molecule has 1 fully saturated rings. The summed E-state index contributed by atoms with van der Waals surface area (Å²) in [5.41, 5.74) is 1.70. The summed E-state index contributed by atoms with van der Waals surface area (Å²) in [6.45, 7) is 3.07. The summed E-state index contributed by atoms with van der Waals surface area (Å²) in [5.74, 6) is -0.702. The lowest BCUT2D eigenvalue weighted by Gasteiger charge is -2.26. The predicted molar refractivity (Wildman–Crippen MR) is 83.0 cm³/mol. The zero-order chi connectivity index (χ0) is 15.5. The number of piperidine rings is 1. The third-order valence-electron chi connectivity index (χ3n) is 3.91. The van der Waals surface area contributed by atoms with Crippen LogP contribution < -0.4 is 0 Å². The van der Waals surface area contributed by atoms with E-state index in [0.717, 1.165) is 30.8 Å². The van der Waals surface area contributed by atoms with Gasteiger partial charge >= 0.3 is 5.97 Å². The van der Waals surface area contributed by atoms with Gasteiger partial charge in [-0.3, -0.25) is 4.90 Å². The molecule has 1 aliphatic heterocycles. The van der Waals surface area contributed by atoms with Crippen LogP contribution in [0.3, 0.4) is 0 Å². The van der Waals surface area contributed by atoms with E-state index in [4.69, 9.17) is 21.2 Å². The SMILES string of the molecule is O=C(O)c1cc(-c2ccc(CN3CCCCC3)c(Cl)c2)on1. The van der Waals surface area contributed by atoms with Crippen LogP contribution in [0.5, 0.6) is 0 Å². The fourth-order valence-electron chi connectivity index (χ4n) is 2.70. The Bertz CT molecular complexity index is 678. The lowest BCUT2D eigenvalue weighted by Crippen LogP contribution is -2.29. The van der Waals surface area contributed by atoms with E-state index in [1.54, 1.807) is 6.07 Å². The van der Waals surface area contributed by atoms with Gasteiger partial charge in [0.2, 0.25) is 0 Å². The van der Waals surface area contributed by atoms with Crippen molar-refractivity contribution in [1.82, 2.24) is 10.1 Å². The Morgan fingerprint density at radius 3 is 2.68 bits per heavy atom. The lowest BCUT2D eigenvalue weighted by molar-refractivity contribution is 0.0686. The molecule has 22 heavy (non-hydrogen) atoms. The molecule has 2 heterocycles. The number of halogens is 1. The molecular weight excluding hydrogens is 304 g/mol. The van der Waals surface area contributed by atoms with Crippen LogP contribution in [0.25, 0.3) is 11.3 Å². The molecule has 1 aliphatic rings. The van der Waals surface area contributed by atoms with Crippen molar-refractivity contribution in [2.45, 2.75) is 25.8 Å². The normalized spacial score (nSPS) is 15.9. The maximum Gasteiger partial charge on any atom is 0.358 e. The predicted octanol–water partition coefficient (Wildman–Crippen LogP) is 3.68. The second kappa shape index (κ2) is 6.50. The number of aromatic nitrogens is 1. The molecule has 0 amide bonds. The Kier molecular flexibility index (Phi) is 4.45. The molecule has 0 radical (unpaired) electrons. The Morgan fingerprint density at radius 2 is 2.05 bits per heavy atom. The third-order valence-corrected chi connectivity index (χ3v) is 4.26. The number of hydrogen-bond donors (Lipinski definition) is 1. The fraction of sp³-hybridized carbons (Fsp3) is 0.375. The summed E-state index contributed by atoms with van der Waals surface area (Å²) in [4.78, 5) is 13.2. The minimum Gasteiger partial charge on any atom is -0.476 e. The first-order valence-corrected chi connectivity index (χ1v) is 7.72. The minimum absolute atomic E-state index is 0.108. The van der Waals surface area contributed by atoms with Crippen molar-refractivity contribution < 1.29 is 14.4 Å². The van der Waals surface area contributed by atoms with Gasteiger partial charge in [-0.1, -0.05) is 35.3 Å². The van der Waals surface area contributed by atoms with Crippen molar-refractivity contribution >= 4 is 17.6 Å². The Balaban J connectivity index is 1.77. The van der Waals surface area contributed by atoms with E-state index in [1.807, 2.05) is 12.1 Å². The van der Waals surface area contributed by atoms with Gasteiger partial charge in [0.25, 0.3) is 0 Å². The zero-order valence-electron chi connectivity index (χ0n) is 12.1. The van der Waals surface area contributed by atoms with Gasteiger partial charge < -0.3 is 9.63 Å². The molecule has 0 aliphatic carbocycles. The van der Waals surface area contributed by atoms with Gasteiger partial charge in [0, 0.05) is 23.2 Å². The zero-order valence-corrected chi connectivity index (χ0v) is 12.8. The Labute approximate surface area is 133 Å². The first-order chi connectivity index (χ1) is 10.6. The van der Waals surface area contributed by atoms with Crippen molar-refractivity contribution in [1.29, 1.82) is 0 Å². The smallest absolute Gasteiger partial charge is 0.358 e.